The Kier molecular flexibility index (Phi) is 5.31. The zero-order valence-corrected chi connectivity index (χ0v) is 14.8. The Morgan fingerprint density at radius 2 is 1.87 bits per heavy atom. The Hall–Kier alpha value is -1.60. The summed E-state index contributed by atoms with van der Waals surface area (Å²) in [5.74, 6) is 0.778. The predicted molar refractivity (Wildman–Crippen MR) is 89.0 cm³/mol. The molecule has 0 spiro atoms. The molecule has 6 nitrogen and oxygen atoms in total. The van der Waals surface area contributed by atoms with E-state index in [-0.39, 0.29) is 10.8 Å². The standard InChI is InChI=1S/C16H24N2O4S/c1-11-7-12(2)10-18(9-11)23(20,21)14-5-6-15(17-13(3)19)16(8-14)22-4/h5-6,8,11-12H,7,9-10H2,1-4H3,(H,17,19)/t11-,12-/m1/s1. The van der Waals surface area contributed by atoms with E-state index in [9.17, 15) is 13.2 Å². The van der Waals surface area contributed by atoms with Gasteiger partial charge in [0.15, 0.2) is 0 Å². The summed E-state index contributed by atoms with van der Waals surface area (Å²) in [5.41, 5.74) is 0.458. The van der Waals surface area contributed by atoms with Crippen molar-refractivity contribution in [3.63, 3.8) is 0 Å². The van der Waals surface area contributed by atoms with Crippen molar-refractivity contribution in [2.24, 2.45) is 11.8 Å². The number of piperidine rings is 1. The second-order valence-electron chi connectivity index (χ2n) is 6.31. The molecule has 0 bridgehead atoms. The monoisotopic (exact) mass is 340 g/mol. The SMILES string of the molecule is COc1cc(S(=O)(=O)N2C[C@H](C)C[C@@H](C)C2)ccc1NC(C)=O. The molecule has 7 heteroatoms. The molecular weight excluding hydrogens is 316 g/mol. The maximum absolute atomic E-state index is 12.9. The third-order valence-corrected chi connectivity index (χ3v) is 5.78. The van der Waals surface area contributed by atoms with Crippen molar-refractivity contribution < 1.29 is 17.9 Å². The summed E-state index contributed by atoms with van der Waals surface area (Å²) in [6, 6.07) is 4.53. The lowest BCUT2D eigenvalue weighted by Gasteiger charge is -2.34. The van der Waals surface area contributed by atoms with Gasteiger partial charge >= 0.3 is 0 Å². The van der Waals surface area contributed by atoms with Gasteiger partial charge in [-0.25, -0.2) is 8.42 Å². The molecule has 1 N–H and O–H groups in total. The summed E-state index contributed by atoms with van der Waals surface area (Å²) in [5, 5.41) is 2.62. The lowest BCUT2D eigenvalue weighted by atomic mass is 9.94. The second kappa shape index (κ2) is 6.88. The molecule has 23 heavy (non-hydrogen) atoms. The second-order valence-corrected chi connectivity index (χ2v) is 8.25. The normalized spacial score (nSPS) is 22.6. The van der Waals surface area contributed by atoms with Gasteiger partial charge in [-0.05, 0) is 30.4 Å². The highest BCUT2D eigenvalue weighted by atomic mass is 32.2. The molecule has 0 aromatic heterocycles. The Morgan fingerprint density at radius 1 is 1.26 bits per heavy atom. The summed E-state index contributed by atoms with van der Waals surface area (Å²) in [6.07, 6.45) is 1.04. The molecule has 0 aliphatic carbocycles. The fourth-order valence-electron chi connectivity index (χ4n) is 3.08. The van der Waals surface area contributed by atoms with Crippen molar-refractivity contribution >= 4 is 21.6 Å². The summed E-state index contributed by atoms with van der Waals surface area (Å²) in [7, 11) is -2.12. The van der Waals surface area contributed by atoms with Gasteiger partial charge in [0.2, 0.25) is 15.9 Å². The molecule has 0 unspecified atom stereocenters. The van der Waals surface area contributed by atoms with Gasteiger partial charge in [-0.1, -0.05) is 13.8 Å². The first-order chi connectivity index (χ1) is 10.7. The van der Waals surface area contributed by atoms with Gasteiger partial charge in [0.25, 0.3) is 0 Å². The van der Waals surface area contributed by atoms with Crippen LogP contribution < -0.4 is 10.1 Å². The average Bonchev–Trinajstić information content (AvgIpc) is 2.45. The number of sulfonamides is 1. The van der Waals surface area contributed by atoms with Gasteiger partial charge in [0.05, 0.1) is 17.7 Å². The van der Waals surface area contributed by atoms with Gasteiger partial charge in [0, 0.05) is 26.1 Å². The van der Waals surface area contributed by atoms with E-state index in [1.54, 1.807) is 10.4 Å². The largest absolute Gasteiger partial charge is 0.495 e. The van der Waals surface area contributed by atoms with Crippen LogP contribution in [0.2, 0.25) is 0 Å². The number of amides is 1. The zero-order chi connectivity index (χ0) is 17.2. The lowest BCUT2D eigenvalue weighted by Crippen LogP contribution is -2.42. The number of anilines is 1. The summed E-state index contributed by atoms with van der Waals surface area (Å²) in [4.78, 5) is 11.4. The number of hydrogen-bond acceptors (Lipinski definition) is 4. The van der Waals surface area contributed by atoms with E-state index in [0.717, 1.165) is 6.42 Å². The minimum Gasteiger partial charge on any atom is -0.495 e. The zero-order valence-electron chi connectivity index (χ0n) is 14.0. The van der Waals surface area contributed by atoms with Crippen molar-refractivity contribution in [1.29, 1.82) is 0 Å². The van der Waals surface area contributed by atoms with E-state index in [1.165, 1.54) is 26.2 Å². The Balaban J connectivity index is 2.34. The van der Waals surface area contributed by atoms with E-state index in [2.05, 4.69) is 19.2 Å². The number of ether oxygens (including phenoxy) is 1. The number of carbonyl (C=O) groups is 1. The molecule has 1 fully saturated rings. The highest BCUT2D eigenvalue weighted by molar-refractivity contribution is 7.89. The smallest absolute Gasteiger partial charge is 0.243 e. The van der Waals surface area contributed by atoms with Crippen molar-refractivity contribution in [3.05, 3.63) is 18.2 Å². The highest BCUT2D eigenvalue weighted by Gasteiger charge is 2.32. The molecule has 0 saturated carbocycles. The third-order valence-electron chi connectivity index (χ3n) is 3.96. The number of carbonyl (C=O) groups excluding carboxylic acids is 1. The van der Waals surface area contributed by atoms with Crippen LogP contribution in [0.3, 0.4) is 0 Å². The summed E-state index contributed by atoms with van der Waals surface area (Å²) < 4.78 is 32.5. The first kappa shape index (κ1) is 17.7. The number of nitrogens with one attached hydrogen (secondary N) is 1. The average molecular weight is 340 g/mol. The third kappa shape index (κ3) is 4.03. The van der Waals surface area contributed by atoms with Crippen molar-refractivity contribution in [1.82, 2.24) is 4.31 Å². The van der Waals surface area contributed by atoms with E-state index in [1.807, 2.05) is 0 Å². The minimum atomic E-state index is -3.57. The Morgan fingerprint density at radius 3 is 2.39 bits per heavy atom. The van der Waals surface area contributed by atoms with Crippen LogP contribution in [0.25, 0.3) is 0 Å². The fourth-order valence-corrected chi connectivity index (χ4v) is 4.77. The van der Waals surface area contributed by atoms with E-state index < -0.39 is 10.0 Å². The minimum absolute atomic E-state index is 0.185. The van der Waals surface area contributed by atoms with Crippen molar-refractivity contribution in [2.45, 2.75) is 32.1 Å². The summed E-state index contributed by atoms with van der Waals surface area (Å²) in [6.45, 7) is 6.59. The highest BCUT2D eigenvalue weighted by Crippen LogP contribution is 2.31. The number of nitrogens with zero attached hydrogens (tertiary/aromatic N) is 1. The molecule has 1 aliphatic heterocycles. The molecule has 1 heterocycles. The molecule has 2 rings (SSSR count). The molecule has 0 radical (unpaired) electrons. The number of rotatable bonds is 4. The van der Waals surface area contributed by atoms with Crippen LogP contribution in [0.1, 0.15) is 27.2 Å². The quantitative estimate of drug-likeness (QED) is 0.913. The first-order valence-electron chi connectivity index (χ1n) is 7.69. The maximum Gasteiger partial charge on any atom is 0.243 e. The van der Waals surface area contributed by atoms with Crippen LogP contribution in [0.15, 0.2) is 23.1 Å². The topological polar surface area (TPSA) is 75.7 Å². The van der Waals surface area contributed by atoms with Crippen LogP contribution >= 0.6 is 0 Å². The first-order valence-corrected chi connectivity index (χ1v) is 9.13. The lowest BCUT2D eigenvalue weighted by molar-refractivity contribution is -0.114. The molecular formula is C16H24N2O4S. The van der Waals surface area contributed by atoms with Gasteiger partial charge in [-0.3, -0.25) is 4.79 Å². The molecule has 1 aliphatic rings. The van der Waals surface area contributed by atoms with Gasteiger partial charge in [-0.2, -0.15) is 4.31 Å². The number of methoxy groups -OCH3 is 1. The van der Waals surface area contributed by atoms with E-state index in [4.69, 9.17) is 4.74 Å². The van der Waals surface area contributed by atoms with Gasteiger partial charge in [-0.15, -0.1) is 0 Å². The number of hydrogen-bond donors (Lipinski definition) is 1. The molecule has 1 saturated heterocycles. The molecule has 128 valence electrons. The van der Waals surface area contributed by atoms with Gasteiger partial charge < -0.3 is 10.1 Å². The predicted octanol–water partition coefficient (Wildman–Crippen LogP) is 2.32. The van der Waals surface area contributed by atoms with Crippen LogP contribution in [0.4, 0.5) is 5.69 Å². The molecule has 1 aromatic rings. The van der Waals surface area contributed by atoms with Gasteiger partial charge in [0.1, 0.15) is 5.75 Å². The number of benzene rings is 1. The molecule has 1 amide bonds. The van der Waals surface area contributed by atoms with Crippen LogP contribution in [0.5, 0.6) is 5.75 Å². The Bertz CT molecular complexity index is 677. The van der Waals surface area contributed by atoms with Crippen LogP contribution in [-0.4, -0.2) is 38.8 Å². The molecule has 1 aromatic carbocycles. The maximum atomic E-state index is 12.9. The summed E-state index contributed by atoms with van der Waals surface area (Å²) >= 11 is 0. The van der Waals surface area contributed by atoms with Crippen LogP contribution in [0, 0.1) is 11.8 Å². The van der Waals surface area contributed by atoms with E-state index in [0.29, 0.717) is 36.4 Å². The fraction of sp³-hybridized carbons (Fsp3) is 0.562. The Labute approximate surface area is 137 Å². The van der Waals surface area contributed by atoms with Crippen molar-refractivity contribution in [3.8, 4) is 5.75 Å². The van der Waals surface area contributed by atoms with Crippen LogP contribution in [-0.2, 0) is 14.8 Å². The molecule has 2 atom stereocenters. The van der Waals surface area contributed by atoms with E-state index >= 15 is 0 Å². The van der Waals surface area contributed by atoms with Crippen molar-refractivity contribution in [2.75, 3.05) is 25.5 Å².